The van der Waals surface area contributed by atoms with E-state index in [0.29, 0.717) is 6.61 Å². The van der Waals surface area contributed by atoms with Crippen LogP contribution in [0.15, 0.2) is 70.3 Å². The zero-order valence-electron chi connectivity index (χ0n) is 18.6. The molecule has 1 heterocycles. The molecule has 1 aliphatic heterocycles. The molecule has 0 amide bonds. The van der Waals surface area contributed by atoms with Gasteiger partial charge in [0.2, 0.25) is 0 Å². The number of halogens is 3. The van der Waals surface area contributed by atoms with Gasteiger partial charge in [-0.05, 0) is 49.2 Å². The first kappa shape index (κ1) is 26.7. The molecule has 1 N–H and O–H groups in total. The van der Waals surface area contributed by atoms with E-state index in [1.807, 2.05) is 18.2 Å². The van der Waals surface area contributed by atoms with E-state index in [-0.39, 0.29) is 30.5 Å². The van der Waals surface area contributed by atoms with Crippen molar-refractivity contribution in [3.63, 3.8) is 0 Å². The number of aliphatic hydroxyl groups excluding tert-OH is 1. The highest BCUT2D eigenvalue weighted by Gasteiger charge is 2.37. The molecule has 188 valence electrons. The smallest absolute Gasteiger partial charge is 0.412 e. The van der Waals surface area contributed by atoms with Crippen molar-refractivity contribution in [1.29, 1.82) is 0 Å². The molecule has 0 radical (unpaired) electrons. The summed E-state index contributed by atoms with van der Waals surface area (Å²) in [5.41, 5.74) is 0.450. The second-order valence-electron chi connectivity index (χ2n) is 7.98. The highest BCUT2D eigenvalue weighted by atomic mass is 32.2. The van der Waals surface area contributed by atoms with Crippen molar-refractivity contribution in [3.8, 4) is 0 Å². The Labute approximate surface area is 201 Å². The standard InChI is InChI=1S/C23H27F3O6S2/c1-34(28,29)32-14-18-13-20(27)21(15-31-18)30-10-3-2-4-11-33-22-7-5-6-16-12-17(23(24,25)26)8-9-19(16)22/h5-9,13,15-16,20,27H,2-4,10-12,14H2,1H3. The summed E-state index contributed by atoms with van der Waals surface area (Å²) in [4.78, 5) is 1.01. The van der Waals surface area contributed by atoms with Crippen LogP contribution >= 0.6 is 11.8 Å². The number of alkyl halides is 3. The van der Waals surface area contributed by atoms with E-state index in [2.05, 4.69) is 4.18 Å². The fraction of sp³-hybridized carbons (Fsp3) is 0.478. The van der Waals surface area contributed by atoms with Gasteiger partial charge >= 0.3 is 6.18 Å². The van der Waals surface area contributed by atoms with E-state index in [1.165, 1.54) is 18.4 Å². The molecule has 0 saturated carbocycles. The van der Waals surface area contributed by atoms with Gasteiger partial charge in [0, 0.05) is 16.4 Å². The lowest BCUT2D eigenvalue weighted by Crippen LogP contribution is -2.19. The van der Waals surface area contributed by atoms with Crippen LogP contribution in [0.4, 0.5) is 13.2 Å². The van der Waals surface area contributed by atoms with E-state index in [4.69, 9.17) is 9.47 Å². The van der Waals surface area contributed by atoms with Crippen molar-refractivity contribution in [2.75, 3.05) is 25.2 Å². The number of hydrogen-bond donors (Lipinski definition) is 1. The molecule has 0 fully saturated rings. The van der Waals surface area contributed by atoms with Crippen LogP contribution in [-0.2, 0) is 23.8 Å². The third-order valence-electron chi connectivity index (χ3n) is 5.23. The molecule has 3 aliphatic rings. The van der Waals surface area contributed by atoms with Gasteiger partial charge in [0.25, 0.3) is 10.1 Å². The van der Waals surface area contributed by atoms with Crippen molar-refractivity contribution in [2.45, 2.75) is 38.0 Å². The molecule has 0 saturated heterocycles. The quantitative estimate of drug-likeness (QED) is 0.307. The van der Waals surface area contributed by atoms with Crippen LogP contribution in [-0.4, -0.2) is 51.0 Å². The van der Waals surface area contributed by atoms with Crippen LogP contribution in [0.25, 0.3) is 0 Å². The molecule has 2 unspecified atom stereocenters. The third-order valence-corrected chi connectivity index (χ3v) is 6.96. The molecule has 0 bridgehead atoms. The second kappa shape index (κ2) is 11.7. The average Bonchev–Trinajstić information content (AvgIpc) is 2.76. The second-order valence-corrected chi connectivity index (χ2v) is 10.8. The van der Waals surface area contributed by atoms with Crippen LogP contribution in [0, 0.1) is 5.92 Å². The van der Waals surface area contributed by atoms with Gasteiger partial charge in [0.05, 0.1) is 12.9 Å². The van der Waals surface area contributed by atoms with Gasteiger partial charge in [-0.1, -0.05) is 24.3 Å². The molecular weight excluding hydrogens is 493 g/mol. The minimum Gasteiger partial charge on any atom is -0.492 e. The summed E-state index contributed by atoms with van der Waals surface area (Å²) >= 11 is 1.64. The Hall–Kier alpha value is -1.95. The van der Waals surface area contributed by atoms with Crippen molar-refractivity contribution in [2.24, 2.45) is 5.92 Å². The molecule has 3 rings (SSSR count). The number of ether oxygens (including phenoxy) is 2. The summed E-state index contributed by atoms with van der Waals surface area (Å²) in [6, 6.07) is 0. The average molecular weight is 521 g/mol. The van der Waals surface area contributed by atoms with E-state index in [1.54, 1.807) is 17.8 Å². The first-order valence-corrected chi connectivity index (χ1v) is 13.6. The number of allylic oxidation sites excluding steroid dienone is 7. The summed E-state index contributed by atoms with van der Waals surface area (Å²) in [5, 5.41) is 10.1. The lowest BCUT2D eigenvalue weighted by molar-refractivity contribution is -0.0948. The van der Waals surface area contributed by atoms with E-state index in [9.17, 15) is 26.7 Å². The highest BCUT2D eigenvalue weighted by Crippen LogP contribution is 2.42. The fourth-order valence-corrected chi connectivity index (χ4v) is 4.96. The summed E-state index contributed by atoms with van der Waals surface area (Å²) in [7, 11) is -3.61. The molecule has 6 nitrogen and oxygen atoms in total. The summed E-state index contributed by atoms with van der Waals surface area (Å²) in [5.74, 6) is 1.01. The van der Waals surface area contributed by atoms with Gasteiger partial charge < -0.3 is 14.6 Å². The van der Waals surface area contributed by atoms with Crippen LogP contribution in [0.1, 0.15) is 25.7 Å². The number of aliphatic hydroxyl groups is 1. The van der Waals surface area contributed by atoms with E-state index < -0.39 is 28.0 Å². The Morgan fingerprint density at radius 2 is 2.00 bits per heavy atom. The van der Waals surface area contributed by atoms with Gasteiger partial charge in [0.15, 0.2) is 5.76 Å². The first-order valence-electron chi connectivity index (χ1n) is 10.8. The molecule has 0 aromatic heterocycles. The summed E-state index contributed by atoms with van der Waals surface area (Å²) < 4.78 is 76.3. The Kier molecular flexibility index (Phi) is 9.14. The predicted octanol–water partition coefficient (Wildman–Crippen LogP) is 4.89. The van der Waals surface area contributed by atoms with Crippen molar-refractivity contribution in [1.82, 2.24) is 0 Å². The van der Waals surface area contributed by atoms with E-state index in [0.717, 1.165) is 41.7 Å². The fourth-order valence-electron chi connectivity index (χ4n) is 3.50. The molecular formula is C23H27F3O6S2. The third kappa shape index (κ3) is 8.07. The molecule has 0 spiro atoms. The first-order chi connectivity index (χ1) is 16.0. The maximum atomic E-state index is 13.0. The zero-order chi connectivity index (χ0) is 24.8. The molecule has 2 atom stereocenters. The number of unbranched alkanes of at least 4 members (excludes halogenated alkanes) is 2. The van der Waals surface area contributed by atoms with Crippen LogP contribution in [0.3, 0.4) is 0 Å². The van der Waals surface area contributed by atoms with Gasteiger partial charge in [-0.25, -0.2) is 0 Å². The predicted molar refractivity (Wildman–Crippen MR) is 124 cm³/mol. The van der Waals surface area contributed by atoms with Crippen LogP contribution < -0.4 is 0 Å². The largest absolute Gasteiger partial charge is 0.492 e. The number of thioether (sulfide) groups is 1. The van der Waals surface area contributed by atoms with Crippen molar-refractivity contribution in [3.05, 3.63) is 70.3 Å². The topological polar surface area (TPSA) is 82.1 Å². The zero-order valence-corrected chi connectivity index (χ0v) is 20.2. The maximum Gasteiger partial charge on any atom is 0.412 e. The number of hydrogen-bond acceptors (Lipinski definition) is 7. The monoisotopic (exact) mass is 520 g/mol. The minimum atomic E-state index is -4.28. The van der Waals surface area contributed by atoms with Gasteiger partial charge in [-0.3, -0.25) is 4.18 Å². The summed E-state index contributed by atoms with van der Waals surface area (Å²) in [6.07, 6.45) is 9.04. The molecule has 0 aromatic rings. The number of fused-ring (bicyclic) bond motifs is 1. The van der Waals surface area contributed by atoms with Crippen LogP contribution in [0.5, 0.6) is 0 Å². The Bertz CT molecular complexity index is 1040. The molecule has 2 aliphatic carbocycles. The normalized spacial score (nSPS) is 22.6. The Morgan fingerprint density at radius 1 is 1.21 bits per heavy atom. The molecule has 11 heteroatoms. The Morgan fingerprint density at radius 3 is 2.71 bits per heavy atom. The molecule has 0 aromatic carbocycles. The van der Waals surface area contributed by atoms with E-state index >= 15 is 0 Å². The van der Waals surface area contributed by atoms with Crippen molar-refractivity contribution < 1.29 is 40.4 Å². The lowest BCUT2D eigenvalue weighted by Gasteiger charge is -2.27. The lowest BCUT2D eigenvalue weighted by atomic mass is 9.84. The van der Waals surface area contributed by atoms with Crippen LogP contribution in [0.2, 0.25) is 0 Å². The van der Waals surface area contributed by atoms with Crippen molar-refractivity contribution >= 4 is 21.9 Å². The Balaban J connectivity index is 1.33. The number of rotatable bonds is 11. The molecule has 34 heavy (non-hydrogen) atoms. The van der Waals surface area contributed by atoms with Gasteiger partial charge in [-0.2, -0.15) is 21.6 Å². The highest BCUT2D eigenvalue weighted by molar-refractivity contribution is 8.03. The van der Waals surface area contributed by atoms with Gasteiger partial charge in [0.1, 0.15) is 24.7 Å². The summed E-state index contributed by atoms with van der Waals surface area (Å²) in [6.45, 7) is 0.0740. The SMILES string of the molecule is CS(=O)(=O)OCC1=CC(O)C(OCCCCCSC2=CC=CC3CC(C(F)(F)F)=CC=C23)=CO1. The maximum absolute atomic E-state index is 13.0. The van der Waals surface area contributed by atoms with Gasteiger partial charge in [-0.15, -0.1) is 11.8 Å². The minimum absolute atomic E-state index is 0.0199.